The van der Waals surface area contributed by atoms with Crippen molar-refractivity contribution in [3.8, 4) is 0 Å². The fraction of sp³-hybridized carbons (Fsp3) is 0.462. The quantitative estimate of drug-likeness (QED) is 0.860. The topological polar surface area (TPSA) is 64.4 Å². The molecule has 1 heterocycles. The predicted molar refractivity (Wildman–Crippen MR) is 65.2 cm³/mol. The molecular formula is C13H16F2N2O2. The highest BCUT2D eigenvalue weighted by Crippen LogP contribution is 2.19. The third-order valence-corrected chi connectivity index (χ3v) is 3.13. The zero-order chi connectivity index (χ0) is 13.8. The largest absolute Gasteiger partial charge is 0.364 e. The lowest BCUT2D eigenvalue weighted by atomic mass is 10.1. The van der Waals surface area contributed by atoms with E-state index in [1.807, 2.05) is 0 Å². The van der Waals surface area contributed by atoms with Gasteiger partial charge in [-0.15, -0.1) is 0 Å². The van der Waals surface area contributed by atoms with Crippen LogP contribution in [0.4, 0.5) is 8.78 Å². The summed E-state index contributed by atoms with van der Waals surface area (Å²) in [5.74, 6) is -1.61. The molecule has 2 atom stereocenters. The van der Waals surface area contributed by atoms with E-state index < -0.39 is 17.7 Å². The number of nitrogens with one attached hydrogen (secondary N) is 1. The minimum atomic E-state index is -0.674. The van der Waals surface area contributed by atoms with E-state index in [9.17, 15) is 13.6 Å². The molecule has 104 valence electrons. The summed E-state index contributed by atoms with van der Waals surface area (Å²) in [7, 11) is 0. The third kappa shape index (κ3) is 3.48. The van der Waals surface area contributed by atoms with Gasteiger partial charge in [0.25, 0.3) is 0 Å². The Morgan fingerprint density at radius 3 is 2.84 bits per heavy atom. The zero-order valence-corrected chi connectivity index (χ0v) is 10.4. The normalized spacial score (nSPS) is 22.5. The number of nitrogens with two attached hydrogens (primary N) is 1. The molecule has 1 amide bonds. The van der Waals surface area contributed by atoms with E-state index in [4.69, 9.17) is 10.5 Å². The van der Waals surface area contributed by atoms with Gasteiger partial charge in [0.2, 0.25) is 5.91 Å². The molecule has 2 rings (SSSR count). The number of rotatable bonds is 4. The van der Waals surface area contributed by atoms with Crippen LogP contribution in [0.1, 0.15) is 18.4 Å². The van der Waals surface area contributed by atoms with E-state index in [-0.39, 0.29) is 24.1 Å². The Morgan fingerprint density at radius 1 is 1.42 bits per heavy atom. The van der Waals surface area contributed by atoms with Crippen LogP contribution in [0.5, 0.6) is 0 Å². The van der Waals surface area contributed by atoms with Gasteiger partial charge < -0.3 is 15.8 Å². The van der Waals surface area contributed by atoms with Gasteiger partial charge >= 0.3 is 0 Å². The Hall–Kier alpha value is -1.53. The van der Waals surface area contributed by atoms with E-state index in [0.29, 0.717) is 13.0 Å². The van der Waals surface area contributed by atoms with Crippen LogP contribution in [0.2, 0.25) is 0 Å². The minimum Gasteiger partial charge on any atom is -0.364 e. The highest BCUT2D eigenvalue weighted by molar-refractivity contribution is 5.81. The second-order valence-electron chi connectivity index (χ2n) is 4.51. The highest BCUT2D eigenvalue weighted by Gasteiger charge is 2.29. The van der Waals surface area contributed by atoms with Gasteiger partial charge in [-0.2, -0.15) is 0 Å². The maximum Gasteiger partial charge on any atom is 0.249 e. The molecular weight excluding hydrogens is 254 g/mol. The van der Waals surface area contributed by atoms with Crippen LogP contribution in [0.15, 0.2) is 18.2 Å². The van der Waals surface area contributed by atoms with Gasteiger partial charge in [-0.05, 0) is 18.9 Å². The number of benzene rings is 1. The molecule has 1 aliphatic rings. The summed E-state index contributed by atoms with van der Waals surface area (Å²) in [6.45, 7) is 0.397. The van der Waals surface area contributed by atoms with Gasteiger partial charge in [0.05, 0.1) is 6.10 Å². The number of carbonyl (C=O) groups excluding carboxylic acids is 1. The van der Waals surface area contributed by atoms with Crippen molar-refractivity contribution in [1.29, 1.82) is 0 Å². The summed E-state index contributed by atoms with van der Waals surface area (Å²) in [4.78, 5) is 11.8. The minimum absolute atomic E-state index is 0.0120. The second kappa shape index (κ2) is 6.08. The van der Waals surface area contributed by atoms with Gasteiger partial charge in [0, 0.05) is 24.7 Å². The summed E-state index contributed by atoms with van der Waals surface area (Å²) < 4.78 is 31.5. The molecule has 6 heteroatoms. The summed E-state index contributed by atoms with van der Waals surface area (Å²) in [5.41, 5.74) is 5.69. The lowest BCUT2D eigenvalue weighted by Gasteiger charge is -2.13. The first-order valence-corrected chi connectivity index (χ1v) is 6.17. The number of amides is 1. The van der Waals surface area contributed by atoms with Crippen LogP contribution in [0, 0.1) is 11.6 Å². The van der Waals surface area contributed by atoms with Gasteiger partial charge in [0.1, 0.15) is 17.7 Å². The zero-order valence-electron chi connectivity index (χ0n) is 10.4. The van der Waals surface area contributed by atoms with Crippen molar-refractivity contribution in [3.05, 3.63) is 35.4 Å². The first-order chi connectivity index (χ1) is 9.10. The van der Waals surface area contributed by atoms with Crippen LogP contribution >= 0.6 is 0 Å². The number of carbonyl (C=O) groups is 1. The van der Waals surface area contributed by atoms with Crippen molar-refractivity contribution in [2.45, 2.75) is 31.6 Å². The molecule has 0 spiro atoms. The monoisotopic (exact) mass is 270 g/mol. The first-order valence-electron chi connectivity index (χ1n) is 6.17. The van der Waals surface area contributed by atoms with Gasteiger partial charge in [0.15, 0.2) is 0 Å². The summed E-state index contributed by atoms with van der Waals surface area (Å²) >= 11 is 0. The Balaban J connectivity index is 1.87. The Labute approximate surface area is 109 Å². The maximum atomic E-state index is 13.4. The lowest BCUT2D eigenvalue weighted by Crippen LogP contribution is -2.35. The second-order valence-corrected chi connectivity index (χ2v) is 4.51. The lowest BCUT2D eigenvalue weighted by molar-refractivity contribution is -0.132. The van der Waals surface area contributed by atoms with Gasteiger partial charge in [-0.25, -0.2) is 8.78 Å². The van der Waals surface area contributed by atoms with Crippen LogP contribution in [-0.4, -0.2) is 24.7 Å². The van der Waals surface area contributed by atoms with E-state index in [2.05, 4.69) is 5.32 Å². The van der Waals surface area contributed by atoms with Crippen molar-refractivity contribution in [1.82, 2.24) is 5.32 Å². The first kappa shape index (κ1) is 13.9. The van der Waals surface area contributed by atoms with Crippen LogP contribution < -0.4 is 11.1 Å². The molecule has 19 heavy (non-hydrogen) atoms. The molecule has 1 saturated heterocycles. The number of hydrogen-bond donors (Lipinski definition) is 2. The standard InChI is InChI=1S/C13H16F2N2O2/c14-9-2-1-8(11(15)5-9)7-17-13(18)12-4-3-10(6-16)19-12/h1-2,5,10,12H,3-4,6-7,16H2,(H,17,18)/t10-,12+/m1/s1. The number of ether oxygens (including phenoxy) is 1. The number of halogens is 2. The Morgan fingerprint density at radius 2 is 2.21 bits per heavy atom. The highest BCUT2D eigenvalue weighted by atomic mass is 19.1. The fourth-order valence-corrected chi connectivity index (χ4v) is 2.03. The van der Waals surface area contributed by atoms with Crippen LogP contribution in [-0.2, 0) is 16.1 Å². The third-order valence-electron chi connectivity index (χ3n) is 3.13. The maximum absolute atomic E-state index is 13.4. The van der Waals surface area contributed by atoms with Crippen molar-refractivity contribution < 1.29 is 18.3 Å². The molecule has 0 aliphatic carbocycles. The molecule has 1 aromatic rings. The van der Waals surface area contributed by atoms with E-state index >= 15 is 0 Å². The summed E-state index contributed by atoms with van der Waals surface area (Å²) in [6, 6.07) is 3.25. The molecule has 0 bridgehead atoms. The summed E-state index contributed by atoms with van der Waals surface area (Å²) in [6.07, 6.45) is 0.745. The van der Waals surface area contributed by atoms with E-state index in [1.54, 1.807) is 0 Å². The van der Waals surface area contributed by atoms with Gasteiger partial charge in [-0.3, -0.25) is 4.79 Å². The number of hydrogen-bond acceptors (Lipinski definition) is 3. The van der Waals surface area contributed by atoms with Crippen LogP contribution in [0.25, 0.3) is 0 Å². The van der Waals surface area contributed by atoms with Crippen molar-refractivity contribution in [3.63, 3.8) is 0 Å². The van der Waals surface area contributed by atoms with Crippen molar-refractivity contribution >= 4 is 5.91 Å². The average molecular weight is 270 g/mol. The summed E-state index contributed by atoms with van der Waals surface area (Å²) in [5, 5.41) is 2.58. The molecule has 4 nitrogen and oxygen atoms in total. The van der Waals surface area contributed by atoms with E-state index in [0.717, 1.165) is 18.6 Å². The predicted octanol–water partition coefficient (Wildman–Crippen LogP) is 1.09. The molecule has 0 radical (unpaired) electrons. The molecule has 0 saturated carbocycles. The molecule has 3 N–H and O–H groups in total. The van der Waals surface area contributed by atoms with Crippen LogP contribution in [0.3, 0.4) is 0 Å². The molecule has 1 fully saturated rings. The fourth-order valence-electron chi connectivity index (χ4n) is 2.03. The van der Waals surface area contributed by atoms with Gasteiger partial charge in [-0.1, -0.05) is 6.07 Å². The smallest absolute Gasteiger partial charge is 0.249 e. The van der Waals surface area contributed by atoms with E-state index in [1.165, 1.54) is 6.07 Å². The molecule has 0 aromatic heterocycles. The Bertz CT molecular complexity index is 468. The SMILES string of the molecule is NC[C@H]1CC[C@@H](C(=O)NCc2ccc(F)cc2F)O1. The molecule has 0 unspecified atom stereocenters. The van der Waals surface area contributed by atoms with Crippen molar-refractivity contribution in [2.75, 3.05) is 6.54 Å². The molecule has 1 aliphatic heterocycles. The Kier molecular flexibility index (Phi) is 4.44. The average Bonchev–Trinajstić information content (AvgIpc) is 2.86. The van der Waals surface area contributed by atoms with Crippen molar-refractivity contribution in [2.24, 2.45) is 5.73 Å². The molecule has 1 aromatic carbocycles.